The molecule has 5 nitrogen and oxygen atoms in total. The van der Waals surface area contributed by atoms with Gasteiger partial charge in [0.1, 0.15) is 5.69 Å². The maximum Gasteiger partial charge on any atom is 0.271 e. The van der Waals surface area contributed by atoms with Crippen molar-refractivity contribution in [3.05, 3.63) is 18.2 Å². The number of hydrogen-bond donors (Lipinski definition) is 1. The molecule has 1 aromatic rings. The maximum atomic E-state index is 11.8. The summed E-state index contributed by atoms with van der Waals surface area (Å²) in [4.78, 5) is 17.3. The molecule has 14 heavy (non-hydrogen) atoms. The summed E-state index contributed by atoms with van der Waals surface area (Å²) in [7, 11) is 3.57. The molecule has 1 heterocycles. The molecule has 0 saturated carbocycles. The van der Waals surface area contributed by atoms with Crippen LogP contribution in [0.2, 0.25) is 0 Å². The van der Waals surface area contributed by atoms with Crippen LogP contribution < -0.4 is 5.73 Å². The number of aryl methyl sites for hydroxylation is 1. The van der Waals surface area contributed by atoms with Crippen LogP contribution in [0.15, 0.2) is 12.5 Å². The van der Waals surface area contributed by atoms with Gasteiger partial charge >= 0.3 is 0 Å². The zero-order valence-corrected chi connectivity index (χ0v) is 8.60. The lowest BCUT2D eigenvalue weighted by atomic mass is 10.3. The molecule has 0 radical (unpaired) electrons. The number of imidazole rings is 1. The first-order valence-corrected chi connectivity index (χ1v) is 4.58. The molecule has 0 aliphatic carbocycles. The molecule has 0 fully saturated rings. The van der Waals surface area contributed by atoms with Gasteiger partial charge in [-0.1, -0.05) is 0 Å². The largest absolute Gasteiger partial charge is 0.340 e. The van der Waals surface area contributed by atoms with E-state index >= 15 is 0 Å². The van der Waals surface area contributed by atoms with E-state index in [1.807, 2.05) is 0 Å². The van der Waals surface area contributed by atoms with Gasteiger partial charge in [-0.3, -0.25) is 4.79 Å². The van der Waals surface area contributed by atoms with Crippen LogP contribution in [0.1, 0.15) is 16.9 Å². The molecule has 0 spiro atoms. The molecule has 1 aromatic heterocycles. The minimum absolute atomic E-state index is 0.0153. The van der Waals surface area contributed by atoms with Crippen LogP contribution in [0.25, 0.3) is 0 Å². The van der Waals surface area contributed by atoms with Crippen LogP contribution in [0, 0.1) is 0 Å². The lowest BCUT2D eigenvalue weighted by molar-refractivity contribution is 0.0785. The van der Waals surface area contributed by atoms with Gasteiger partial charge in [0.15, 0.2) is 0 Å². The summed E-state index contributed by atoms with van der Waals surface area (Å²) in [5.74, 6) is -0.0153. The van der Waals surface area contributed by atoms with Gasteiger partial charge in [0, 0.05) is 20.6 Å². The predicted molar refractivity (Wildman–Crippen MR) is 53.8 cm³/mol. The Morgan fingerprint density at radius 2 is 2.43 bits per heavy atom. The van der Waals surface area contributed by atoms with E-state index in [1.54, 1.807) is 36.1 Å². The van der Waals surface area contributed by atoms with E-state index in [9.17, 15) is 4.79 Å². The fourth-order valence-electron chi connectivity index (χ4n) is 1.19. The van der Waals surface area contributed by atoms with E-state index in [0.717, 1.165) is 6.42 Å². The third kappa shape index (κ3) is 2.32. The third-order valence-corrected chi connectivity index (χ3v) is 2.08. The summed E-state index contributed by atoms with van der Waals surface area (Å²) in [5, 5.41) is 0. The molecule has 0 aliphatic rings. The molecule has 0 unspecified atom stereocenters. The van der Waals surface area contributed by atoms with Crippen molar-refractivity contribution in [1.82, 2.24) is 14.5 Å². The highest BCUT2D eigenvalue weighted by molar-refractivity contribution is 5.92. The number of nitrogens with zero attached hydrogens (tertiary/aromatic N) is 3. The van der Waals surface area contributed by atoms with Crippen molar-refractivity contribution in [1.29, 1.82) is 0 Å². The Labute approximate surface area is 83.5 Å². The molecule has 1 rings (SSSR count). The van der Waals surface area contributed by atoms with Crippen LogP contribution in [0.5, 0.6) is 0 Å². The average Bonchev–Trinajstić information content (AvgIpc) is 2.59. The topological polar surface area (TPSA) is 64.2 Å². The number of amides is 1. The van der Waals surface area contributed by atoms with Crippen molar-refractivity contribution < 1.29 is 4.79 Å². The second-order valence-corrected chi connectivity index (χ2v) is 3.26. The Kier molecular flexibility index (Phi) is 3.64. The smallest absolute Gasteiger partial charge is 0.271 e. The Morgan fingerprint density at radius 3 is 2.93 bits per heavy atom. The van der Waals surface area contributed by atoms with Gasteiger partial charge in [0.05, 0.1) is 12.5 Å². The SMILES string of the molecule is CN(CCCN)C(=O)c1cncn1C. The molecule has 0 atom stereocenters. The van der Waals surface area contributed by atoms with Crippen LogP contribution in [0.4, 0.5) is 0 Å². The molecule has 78 valence electrons. The fraction of sp³-hybridized carbons (Fsp3) is 0.556. The lowest BCUT2D eigenvalue weighted by Crippen LogP contribution is -2.30. The Morgan fingerprint density at radius 1 is 1.71 bits per heavy atom. The Balaban J connectivity index is 2.61. The van der Waals surface area contributed by atoms with Crippen molar-refractivity contribution in [2.24, 2.45) is 12.8 Å². The number of nitrogens with two attached hydrogens (primary N) is 1. The molecule has 0 saturated heterocycles. The van der Waals surface area contributed by atoms with Gasteiger partial charge in [0.2, 0.25) is 0 Å². The summed E-state index contributed by atoms with van der Waals surface area (Å²) in [6.45, 7) is 1.28. The number of carbonyl (C=O) groups is 1. The van der Waals surface area contributed by atoms with E-state index < -0.39 is 0 Å². The average molecular weight is 196 g/mol. The molecule has 5 heteroatoms. The first-order chi connectivity index (χ1) is 6.66. The summed E-state index contributed by atoms with van der Waals surface area (Å²) in [6.07, 6.45) is 4.01. The van der Waals surface area contributed by atoms with E-state index in [1.165, 1.54) is 0 Å². The highest BCUT2D eigenvalue weighted by Crippen LogP contribution is 2.01. The normalized spacial score (nSPS) is 10.2. The minimum Gasteiger partial charge on any atom is -0.340 e. The molecule has 0 aliphatic heterocycles. The monoisotopic (exact) mass is 196 g/mol. The molecular weight excluding hydrogens is 180 g/mol. The van der Waals surface area contributed by atoms with Gasteiger partial charge in [-0.05, 0) is 13.0 Å². The predicted octanol–water partition coefficient (Wildman–Crippen LogP) is -0.159. The first kappa shape index (κ1) is 10.7. The summed E-state index contributed by atoms with van der Waals surface area (Å²) in [6, 6.07) is 0. The number of rotatable bonds is 4. The van der Waals surface area contributed by atoms with Gasteiger partial charge in [0.25, 0.3) is 5.91 Å². The molecule has 0 aromatic carbocycles. The van der Waals surface area contributed by atoms with Crippen molar-refractivity contribution in [3.63, 3.8) is 0 Å². The number of aromatic nitrogens is 2. The van der Waals surface area contributed by atoms with Crippen LogP contribution in [-0.4, -0.2) is 40.5 Å². The van der Waals surface area contributed by atoms with Crippen LogP contribution in [-0.2, 0) is 7.05 Å². The second kappa shape index (κ2) is 4.76. The van der Waals surface area contributed by atoms with Crippen molar-refractivity contribution in [2.45, 2.75) is 6.42 Å². The molecular formula is C9H16N4O. The van der Waals surface area contributed by atoms with Gasteiger partial charge in [-0.15, -0.1) is 0 Å². The quantitative estimate of drug-likeness (QED) is 0.727. The van der Waals surface area contributed by atoms with Gasteiger partial charge < -0.3 is 15.2 Å². The van der Waals surface area contributed by atoms with Crippen LogP contribution in [0.3, 0.4) is 0 Å². The molecule has 0 bridgehead atoms. The lowest BCUT2D eigenvalue weighted by Gasteiger charge is -2.16. The maximum absolute atomic E-state index is 11.8. The molecule has 2 N–H and O–H groups in total. The Hall–Kier alpha value is -1.36. The van der Waals surface area contributed by atoms with Gasteiger partial charge in [-0.25, -0.2) is 4.98 Å². The van der Waals surface area contributed by atoms with E-state index in [2.05, 4.69) is 4.98 Å². The van der Waals surface area contributed by atoms with E-state index in [0.29, 0.717) is 18.8 Å². The standard InChI is InChI=1S/C9H16N4O/c1-12(5-3-4-10)9(14)8-6-11-7-13(8)2/h6-7H,3-5,10H2,1-2H3. The van der Waals surface area contributed by atoms with Crippen molar-refractivity contribution in [3.8, 4) is 0 Å². The Bertz CT molecular complexity index is 308. The first-order valence-electron chi connectivity index (χ1n) is 4.58. The van der Waals surface area contributed by atoms with Crippen LogP contribution >= 0.6 is 0 Å². The zero-order chi connectivity index (χ0) is 10.6. The second-order valence-electron chi connectivity index (χ2n) is 3.26. The van der Waals surface area contributed by atoms with E-state index in [-0.39, 0.29) is 5.91 Å². The van der Waals surface area contributed by atoms with Crippen molar-refractivity contribution in [2.75, 3.05) is 20.1 Å². The summed E-state index contributed by atoms with van der Waals surface area (Å²) in [5.41, 5.74) is 5.97. The number of hydrogen-bond acceptors (Lipinski definition) is 3. The summed E-state index contributed by atoms with van der Waals surface area (Å²) >= 11 is 0. The van der Waals surface area contributed by atoms with Crippen molar-refractivity contribution >= 4 is 5.91 Å². The third-order valence-electron chi connectivity index (χ3n) is 2.08. The zero-order valence-electron chi connectivity index (χ0n) is 8.60. The van der Waals surface area contributed by atoms with E-state index in [4.69, 9.17) is 5.73 Å². The highest BCUT2D eigenvalue weighted by Gasteiger charge is 2.13. The fourth-order valence-corrected chi connectivity index (χ4v) is 1.19. The molecule has 1 amide bonds. The summed E-state index contributed by atoms with van der Waals surface area (Å²) < 4.78 is 1.71. The number of carbonyl (C=O) groups excluding carboxylic acids is 1. The minimum atomic E-state index is -0.0153. The highest BCUT2D eigenvalue weighted by atomic mass is 16.2. The van der Waals surface area contributed by atoms with Gasteiger partial charge in [-0.2, -0.15) is 0 Å².